The molecule has 2 amide bonds. The van der Waals surface area contributed by atoms with Gasteiger partial charge in [-0.05, 0) is 37.3 Å². The lowest BCUT2D eigenvalue weighted by atomic mass is 10.1. The highest BCUT2D eigenvalue weighted by Gasteiger charge is 2.30. The molecule has 0 spiro atoms. The van der Waals surface area contributed by atoms with Gasteiger partial charge in [-0.15, -0.1) is 0 Å². The summed E-state index contributed by atoms with van der Waals surface area (Å²) in [5.41, 5.74) is 2.27. The van der Waals surface area contributed by atoms with Gasteiger partial charge in [0.05, 0.1) is 48.5 Å². The van der Waals surface area contributed by atoms with Crippen LogP contribution in [0.5, 0.6) is 0 Å². The van der Waals surface area contributed by atoms with Crippen LogP contribution in [0.1, 0.15) is 18.2 Å². The van der Waals surface area contributed by atoms with Crippen molar-refractivity contribution in [2.45, 2.75) is 26.1 Å². The van der Waals surface area contributed by atoms with Gasteiger partial charge in [0.1, 0.15) is 17.7 Å². The average molecular weight is 394 g/mol. The zero-order valence-corrected chi connectivity index (χ0v) is 15.4. The van der Waals surface area contributed by atoms with Gasteiger partial charge in [-0.3, -0.25) is 9.67 Å². The number of hydrogen-bond acceptors (Lipinski definition) is 4. The van der Waals surface area contributed by atoms with E-state index >= 15 is 0 Å². The summed E-state index contributed by atoms with van der Waals surface area (Å²) in [5, 5.41) is 16.0. The normalized spacial score (nSPS) is 15.5. The lowest BCUT2D eigenvalue weighted by Crippen LogP contribution is -2.47. The number of aromatic nitrogens is 3. The minimum Gasteiger partial charge on any atom is -0.314 e. The van der Waals surface area contributed by atoms with Gasteiger partial charge >= 0.3 is 6.03 Å². The SMILES string of the molecule is CC1Cn2ncc(-c3ccc(F)cn3)c2CN1C(=O)Nc1ccc(F)c(C#N)c1. The molecular weight excluding hydrogens is 378 g/mol. The molecule has 0 aliphatic carbocycles. The van der Waals surface area contributed by atoms with Crippen molar-refractivity contribution in [1.82, 2.24) is 19.7 Å². The summed E-state index contributed by atoms with van der Waals surface area (Å²) < 4.78 is 28.5. The van der Waals surface area contributed by atoms with Gasteiger partial charge in [-0.25, -0.2) is 13.6 Å². The highest BCUT2D eigenvalue weighted by Crippen LogP contribution is 2.28. The van der Waals surface area contributed by atoms with Crippen molar-refractivity contribution in [2.24, 2.45) is 0 Å². The van der Waals surface area contributed by atoms with E-state index in [9.17, 15) is 13.6 Å². The second kappa shape index (κ2) is 7.31. The van der Waals surface area contributed by atoms with Crippen LogP contribution in [0, 0.1) is 23.0 Å². The van der Waals surface area contributed by atoms with E-state index in [1.807, 2.05) is 6.92 Å². The molecule has 2 aromatic heterocycles. The van der Waals surface area contributed by atoms with Crippen LogP contribution in [0.4, 0.5) is 19.3 Å². The number of fused-ring (bicyclic) bond motifs is 1. The fourth-order valence-corrected chi connectivity index (χ4v) is 3.31. The number of nitrogens with one attached hydrogen (secondary N) is 1. The van der Waals surface area contributed by atoms with E-state index in [0.717, 1.165) is 23.5 Å². The summed E-state index contributed by atoms with van der Waals surface area (Å²) in [6.45, 7) is 2.65. The molecule has 29 heavy (non-hydrogen) atoms. The molecule has 1 N–H and O–H groups in total. The highest BCUT2D eigenvalue weighted by molar-refractivity contribution is 5.90. The molecule has 146 valence electrons. The number of benzene rings is 1. The molecule has 0 radical (unpaired) electrons. The van der Waals surface area contributed by atoms with Crippen molar-refractivity contribution in [1.29, 1.82) is 5.26 Å². The Kier molecular flexibility index (Phi) is 4.68. The topological polar surface area (TPSA) is 86.8 Å². The number of anilines is 1. The molecule has 3 heterocycles. The maximum Gasteiger partial charge on any atom is 0.322 e. The summed E-state index contributed by atoms with van der Waals surface area (Å²) in [4.78, 5) is 18.6. The summed E-state index contributed by atoms with van der Waals surface area (Å²) in [5.74, 6) is -1.07. The fourth-order valence-electron chi connectivity index (χ4n) is 3.31. The molecule has 1 aliphatic rings. The summed E-state index contributed by atoms with van der Waals surface area (Å²) in [7, 11) is 0. The highest BCUT2D eigenvalue weighted by atomic mass is 19.1. The molecule has 0 saturated heterocycles. The minimum atomic E-state index is -0.641. The summed E-state index contributed by atoms with van der Waals surface area (Å²) in [6.07, 6.45) is 2.79. The van der Waals surface area contributed by atoms with Gasteiger partial charge in [0.25, 0.3) is 0 Å². The number of nitrogens with zero attached hydrogens (tertiary/aromatic N) is 5. The monoisotopic (exact) mass is 394 g/mol. The first-order valence-electron chi connectivity index (χ1n) is 8.90. The third-order valence-corrected chi connectivity index (χ3v) is 4.84. The van der Waals surface area contributed by atoms with Gasteiger partial charge in [0, 0.05) is 11.3 Å². The molecule has 7 nitrogen and oxygen atoms in total. The molecule has 4 rings (SSSR count). The van der Waals surface area contributed by atoms with Crippen LogP contribution < -0.4 is 5.32 Å². The smallest absolute Gasteiger partial charge is 0.314 e. The fraction of sp³-hybridized carbons (Fsp3) is 0.200. The number of hydrogen-bond donors (Lipinski definition) is 1. The van der Waals surface area contributed by atoms with Crippen LogP contribution in [0.25, 0.3) is 11.3 Å². The van der Waals surface area contributed by atoms with Gasteiger partial charge in [0.15, 0.2) is 0 Å². The summed E-state index contributed by atoms with van der Waals surface area (Å²) in [6, 6.07) is 7.95. The first-order chi connectivity index (χ1) is 14.0. The van der Waals surface area contributed by atoms with Crippen LogP contribution in [0.3, 0.4) is 0 Å². The molecular formula is C20H16F2N6O. The van der Waals surface area contributed by atoms with Gasteiger partial charge in [-0.1, -0.05) is 0 Å². The van der Waals surface area contributed by atoms with E-state index < -0.39 is 11.6 Å². The average Bonchev–Trinajstić information content (AvgIpc) is 3.12. The number of urea groups is 1. The van der Waals surface area contributed by atoms with Gasteiger partial charge in [-0.2, -0.15) is 10.4 Å². The second-order valence-electron chi connectivity index (χ2n) is 6.76. The molecule has 9 heteroatoms. The Balaban J connectivity index is 1.58. The van der Waals surface area contributed by atoms with Gasteiger partial charge < -0.3 is 10.2 Å². The Bertz CT molecular complexity index is 1120. The molecule has 1 aliphatic heterocycles. The maximum atomic E-state index is 13.5. The molecule has 0 bridgehead atoms. The first kappa shape index (κ1) is 18.6. The van der Waals surface area contributed by atoms with Crippen molar-refractivity contribution < 1.29 is 13.6 Å². The van der Waals surface area contributed by atoms with Crippen molar-refractivity contribution in [2.75, 3.05) is 5.32 Å². The third-order valence-electron chi connectivity index (χ3n) is 4.84. The Labute approximate surface area is 165 Å². The van der Waals surface area contributed by atoms with Crippen LogP contribution in [-0.4, -0.2) is 31.7 Å². The van der Waals surface area contributed by atoms with Crippen molar-refractivity contribution in [3.05, 3.63) is 65.6 Å². The van der Waals surface area contributed by atoms with Crippen molar-refractivity contribution in [3.8, 4) is 17.3 Å². The minimum absolute atomic E-state index is 0.141. The number of carbonyl (C=O) groups is 1. The Morgan fingerprint density at radius 2 is 2.10 bits per heavy atom. The predicted octanol–water partition coefficient (Wildman–Crippen LogP) is 3.53. The number of pyridine rings is 1. The van der Waals surface area contributed by atoms with Crippen LogP contribution in [0.15, 0.2) is 42.7 Å². The standard InChI is InChI=1S/C20H16F2N6O/c1-12-10-28-19(16(9-25-28)18-5-2-14(21)8-24-18)11-27(12)20(29)26-15-3-4-17(22)13(6-15)7-23/h2-6,8-9,12H,10-11H2,1H3,(H,26,29). The van der Waals surface area contributed by atoms with Crippen LogP contribution >= 0.6 is 0 Å². The number of halogens is 2. The summed E-state index contributed by atoms with van der Waals surface area (Å²) >= 11 is 0. The van der Waals surface area contributed by atoms with Crippen LogP contribution in [-0.2, 0) is 13.1 Å². The van der Waals surface area contributed by atoms with E-state index in [1.165, 1.54) is 18.2 Å². The Morgan fingerprint density at radius 1 is 1.28 bits per heavy atom. The molecule has 3 aromatic rings. The lowest BCUT2D eigenvalue weighted by molar-refractivity contribution is 0.162. The van der Waals surface area contributed by atoms with E-state index in [0.29, 0.717) is 17.9 Å². The second-order valence-corrected chi connectivity index (χ2v) is 6.76. The van der Waals surface area contributed by atoms with Crippen LogP contribution in [0.2, 0.25) is 0 Å². The number of carbonyl (C=O) groups excluding carboxylic acids is 1. The third kappa shape index (κ3) is 3.52. The lowest BCUT2D eigenvalue weighted by Gasteiger charge is -2.34. The van der Waals surface area contributed by atoms with E-state index in [1.54, 1.807) is 27.9 Å². The quantitative estimate of drug-likeness (QED) is 0.720. The van der Waals surface area contributed by atoms with E-state index in [2.05, 4.69) is 15.4 Å². The zero-order valence-electron chi connectivity index (χ0n) is 15.4. The maximum absolute atomic E-state index is 13.5. The molecule has 0 fully saturated rings. The Morgan fingerprint density at radius 3 is 2.83 bits per heavy atom. The molecule has 1 unspecified atom stereocenters. The number of nitriles is 1. The molecule has 1 atom stereocenters. The van der Waals surface area contributed by atoms with E-state index in [4.69, 9.17) is 5.26 Å². The number of rotatable bonds is 2. The zero-order chi connectivity index (χ0) is 20.5. The van der Waals surface area contributed by atoms with Gasteiger partial charge in [0.2, 0.25) is 0 Å². The largest absolute Gasteiger partial charge is 0.322 e. The van der Waals surface area contributed by atoms with E-state index in [-0.39, 0.29) is 24.2 Å². The molecule has 1 aromatic carbocycles. The van der Waals surface area contributed by atoms with Crippen molar-refractivity contribution in [3.63, 3.8) is 0 Å². The first-order valence-corrected chi connectivity index (χ1v) is 8.90. The molecule has 0 saturated carbocycles. The van der Waals surface area contributed by atoms with Crippen molar-refractivity contribution >= 4 is 11.7 Å². The predicted molar refractivity (Wildman–Crippen MR) is 101 cm³/mol. The Hall–Kier alpha value is -3.80. The number of amides is 2.